The molecule has 5 nitrogen and oxygen atoms in total. The van der Waals surface area contributed by atoms with Crippen molar-refractivity contribution in [2.24, 2.45) is 0 Å². The summed E-state index contributed by atoms with van der Waals surface area (Å²) >= 11 is 0. The highest BCUT2D eigenvalue weighted by Gasteiger charge is 1.94. The van der Waals surface area contributed by atoms with E-state index in [0.29, 0.717) is 0 Å². The average molecular weight is 208 g/mol. The van der Waals surface area contributed by atoms with Crippen molar-refractivity contribution in [3.63, 3.8) is 0 Å². The second kappa shape index (κ2) is 8.96. The van der Waals surface area contributed by atoms with E-state index in [9.17, 15) is 0 Å². The lowest BCUT2D eigenvalue weighted by Gasteiger charge is -1.76. The number of aromatic amines is 2. The normalized spacial score (nSPS) is 13.3. The van der Waals surface area contributed by atoms with Gasteiger partial charge in [-0.15, -0.1) is 0 Å². The number of rotatable bonds is 0. The maximum Gasteiger partial charge on any atom is 0.0919 e. The summed E-state index contributed by atoms with van der Waals surface area (Å²) in [6.07, 6.45) is 12.7. The molecule has 15 heavy (non-hydrogen) atoms. The van der Waals surface area contributed by atoms with Crippen LogP contribution in [0.25, 0.3) is 0 Å². The lowest BCUT2D eigenvalue weighted by molar-refractivity contribution is 0.198. The second-order valence-electron chi connectivity index (χ2n) is 2.84. The summed E-state index contributed by atoms with van der Waals surface area (Å²) in [7, 11) is 0. The molecule has 0 atom stereocenters. The predicted molar refractivity (Wildman–Crippen MR) is 57.2 cm³/mol. The molecule has 1 fully saturated rings. The third-order valence-electron chi connectivity index (χ3n) is 1.64. The molecular weight excluding hydrogens is 192 g/mol. The van der Waals surface area contributed by atoms with Crippen LogP contribution < -0.4 is 0 Å². The molecule has 3 rings (SSSR count). The summed E-state index contributed by atoms with van der Waals surface area (Å²) < 4.78 is 4.94. The van der Waals surface area contributed by atoms with Gasteiger partial charge in [-0.25, -0.2) is 9.97 Å². The van der Waals surface area contributed by atoms with E-state index in [4.69, 9.17) is 4.74 Å². The third-order valence-corrected chi connectivity index (χ3v) is 1.64. The van der Waals surface area contributed by atoms with Crippen molar-refractivity contribution in [1.29, 1.82) is 0 Å². The molecule has 82 valence electrons. The first-order chi connectivity index (χ1) is 7.50. The molecule has 2 N–H and O–H groups in total. The van der Waals surface area contributed by atoms with Gasteiger partial charge in [0.25, 0.3) is 0 Å². The molecular formula is C10H16N4O. The summed E-state index contributed by atoms with van der Waals surface area (Å²) in [6.45, 7) is 2.00. The van der Waals surface area contributed by atoms with Crippen LogP contribution in [0.3, 0.4) is 0 Å². The maximum atomic E-state index is 4.94. The van der Waals surface area contributed by atoms with Crippen molar-refractivity contribution >= 4 is 0 Å². The first-order valence-corrected chi connectivity index (χ1v) is 4.93. The molecule has 0 spiro atoms. The number of nitrogens with zero attached hydrogens (tertiary/aromatic N) is 2. The molecule has 0 aromatic carbocycles. The summed E-state index contributed by atoms with van der Waals surface area (Å²) in [5.41, 5.74) is 0. The first kappa shape index (κ1) is 11.5. The van der Waals surface area contributed by atoms with Gasteiger partial charge in [-0.1, -0.05) is 0 Å². The highest BCUT2D eigenvalue weighted by atomic mass is 16.5. The molecule has 0 saturated carbocycles. The number of hydrogen-bond donors (Lipinski definition) is 2. The largest absolute Gasteiger partial charge is 0.381 e. The molecule has 1 saturated heterocycles. The van der Waals surface area contributed by atoms with Crippen molar-refractivity contribution in [3.8, 4) is 0 Å². The molecule has 0 unspecified atom stereocenters. The molecule has 0 radical (unpaired) electrons. The van der Waals surface area contributed by atoms with Crippen molar-refractivity contribution in [2.75, 3.05) is 13.2 Å². The zero-order valence-corrected chi connectivity index (χ0v) is 8.60. The smallest absolute Gasteiger partial charge is 0.0919 e. The molecule has 2 aromatic heterocycles. The van der Waals surface area contributed by atoms with Crippen LogP contribution in [0, 0.1) is 0 Å². The van der Waals surface area contributed by atoms with Crippen molar-refractivity contribution in [3.05, 3.63) is 37.4 Å². The molecule has 2 aromatic rings. The fraction of sp³-hybridized carbons (Fsp3) is 0.400. The lowest BCUT2D eigenvalue weighted by atomic mass is 10.4. The van der Waals surface area contributed by atoms with E-state index in [1.807, 2.05) is 0 Å². The molecule has 0 bridgehead atoms. The minimum Gasteiger partial charge on any atom is -0.381 e. The van der Waals surface area contributed by atoms with Gasteiger partial charge in [0.2, 0.25) is 0 Å². The van der Waals surface area contributed by atoms with Gasteiger partial charge >= 0.3 is 0 Å². The van der Waals surface area contributed by atoms with Crippen LogP contribution in [0.1, 0.15) is 12.8 Å². The number of aromatic nitrogens is 4. The monoisotopic (exact) mass is 208 g/mol. The predicted octanol–water partition coefficient (Wildman–Crippen LogP) is 1.62. The summed E-state index contributed by atoms with van der Waals surface area (Å²) in [6, 6.07) is 0. The number of ether oxygens (including phenoxy) is 1. The Hall–Kier alpha value is -1.62. The SMILES string of the molecule is C1CCOC1.c1c[nH]cn1.c1c[nH]cn1. The minimum atomic E-state index is 1.00. The third kappa shape index (κ3) is 7.45. The molecule has 5 heteroatoms. The molecule has 0 aliphatic carbocycles. The summed E-state index contributed by atoms with van der Waals surface area (Å²) in [5, 5.41) is 0. The Balaban J connectivity index is 0.000000112. The standard InChI is InChI=1S/C4H8O.2C3H4N2/c1-2-4-5-3-1;2*1-2-5-3-4-1/h1-4H2;2*1-3H,(H,4,5). The fourth-order valence-electron chi connectivity index (χ4n) is 0.941. The zero-order valence-electron chi connectivity index (χ0n) is 8.60. The summed E-state index contributed by atoms with van der Waals surface area (Å²) in [5.74, 6) is 0. The Bertz CT molecular complexity index is 208. The maximum absolute atomic E-state index is 4.94. The van der Waals surface area contributed by atoms with Gasteiger partial charge in [0, 0.05) is 38.0 Å². The van der Waals surface area contributed by atoms with E-state index in [0.717, 1.165) is 13.2 Å². The van der Waals surface area contributed by atoms with Crippen molar-refractivity contribution in [2.45, 2.75) is 12.8 Å². The number of H-pyrrole nitrogens is 2. The van der Waals surface area contributed by atoms with E-state index in [-0.39, 0.29) is 0 Å². The van der Waals surface area contributed by atoms with E-state index in [1.165, 1.54) is 12.8 Å². The van der Waals surface area contributed by atoms with Crippen molar-refractivity contribution < 1.29 is 4.74 Å². The second-order valence-corrected chi connectivity index (χ2v) is 2.84. The highest BCUT2D eigenvalue weighted by Crippen LogP contribution is 1.98. The van der Waals surface area contributed by atoms with E-state index < -0.39 is 0 Å². The Kier molecular flexibility index (Phi) is 6.84. The van der Waals surface area contributed by atoms with Gasteiger partial charge in [-0.05, 0) is 12.8 Å². The van der Waals surface area contributed by atoms with Gasteiger partial charge in [-0.2, -0.15) is 0 Å². The van der Waals surface area contributed by atoms with Gasteiger partial charge in [0.1, 0.15) is 0 Å². The Labute approximate surface area is 88.9 Å². The van der Waals surface area contributed by atoms with E-state index in [2.05, 4.69) is 19.9 Å². The summed E-state index contributed by atoms with van der Waals surface area (Å²) in [4.78, 5) is 12.8. The van der Waals surface area contributed by atoms with Gasteiger partial charge < -0.3 is 14.7 Å². The van der Waals surface area contributed by atoms with E-state index >= 15 is 0 Å². The number of hydrogen-bond acceptors (Lipinski definition) is 3. The first-order valence-electron chi connectivity index (χ1n) is 4.93. The molecule has 0 amide bonds. The minimum absolute atomic E-state index is 1.00. The Morgan fingerprint density at radius 3 is 1.53 bits per heavy atom. The van der Waals surface area contributed by atoms with Crippen LogP contribution in [0.5, 0.6) is 0 Å². The van der Waals surface area contributed by atoms with Gasteiger partial charge in [0.15, 0.2) is 0 Å². The molecule has 1 aliphatic heterocycles. The lowest BCUT2D eigenvalue weighted by Crippen LogP contribution is -1.74. The number of imidazole rings is 2. The topological polar surface area (TPSA) is 66.6 Å². The van der Waals surface area contributed by atoms with Gasteiger partial charge in [-0.3, -0.25) is 0 Å². The molecule has 3 heterocycles. The number of nitrogens with one attached hydrogen (secondary N) is 2. The zero-order chi connectivity index (χ0) is 10.6. The van der Waals surface area contributed by atoms with Crippen LogP contribution in [0.2, 0.25) is 0 Å². The van der Waals surface area contributed by atoms with Crippen LogP contribution in [0.15, 0.2) is 37.4 Å². The Morgan fingerprint density at radius 2 is 1.40 bits per heavy atom. The van der Waals surface area contributed by atoms with Crippen molar-refractivity contribution in [1.82, 2.24) is 19.9 Å². The van der Waals surface area contributed by atoms with Crippen LogP contribution >= 0.6 is 0 Å². The fourth-order valence-corrected chi connectivity index (χ4v) is 0.941. The highest BCUT2D eigenvalue weighted by molar-refractivity contribution is 4.65. The van der Waals surface area contributed by atoms with Crippen LogP contribution in [-0.4, -0.2) is 33.1 Å². The Morgan fingerprint density at radius 1 is 0.867 bits per heavy atom. The van der Waals surface area contributed by atoms with Crippen LogP contribution in [-0.2, 0) is 4.74 Å². The van der Waals surface area contributed by atoms with E-state index in [1.54, 1.807) is 37.4 Å². The molecule has 1 aliphatic rings. The van der Waals surface area contributed by atoms with Crippen LogP contribution in [0.4, 0.5) is 0 Å². The van der Waals surface area contributed by atoms with Gasteiger partial charge in [0.05, 0.1) is 12.7 Å². The average Bonchev–Trinajstić information content (AvgIpc) is 3.09. The quantitative estimate of drug-likeness (QED) is 0.691.